The Bertz CT molecular complexity index is 626. The summed E-state index contributed by atoms with van der Waals surface area (Å²) in [5.41, 5.74) is 9.14. The molecule has 19 heavy (non-hydrogen) atoms. The first kappa shape index (κ1) is 12.0. The summed E-state index contributed by atoms with van der Waals surface area (Å²) in [6, 6.07) is 9.15. The number of hydrogen-bond donors (Lipinski definition) is 1. The van der Waals surface area contributed by atoms with Crippen LogP contribution in [0.1, 0.15) is 11.1 Å². The number of halogens is 2. The molecule has 2 aromatic carbocycles. The maximum atomic E-state index is 13.3. The largest absolute Gasteiger partial charge is 0.398 e. The third-order valence-corrected chi connectivity index (χ3v) is 3.51. The highest BCUT2D eigenvalue weighted by Crippen LogP contribution is 2.30. The van der Waals surface area contributed by atoms with Gasteiger partial charge in [0.05, 0.1) is 0 Å². The van der Waals surface area contributed by atoms with E-state index in [0.29, 0.717) is 12.2 Å². The van der Waals surface area contributed by atoms with Crippen LogP contribution in [0.3, 0.4) is 0 Å². The minimum absolute atomic E-state index is 0.252. The zero-order valence-electron chi connectivity index (χ0n) is 10.4. The Morgan fingerprint density at radius 3 is 2.63 bits per heavy atom. The van der Waals surface area contributed by atoms with Crippen LogP contribution in [0.2, 0.25) is 0 Å². The molecule has 2 aromatic rings. The van der Waals surface area contributed by atoms with Crippen LogP contribution in [0.15, 0.2) is 36.4 Å². The molecule has 0 atom stereocenters. The number of hydrogen-bond acceptors (Lipinski definition) is 2. The highest BCUT2D eigenvalue weighted by atomic mass is 19.1. The van der Waals surface area contributed by atoms with E-state index in [1.807, 2.05) is 4.90 Å². The summed E-state index contributed by atoms with van der Waals surface area (Å²) in [6.45, 7) is 1.30. The van der Waals surface area contributed by atoms with Gasteiger partial charge in [0.2, 0.25) is 0 Å². The van der Waals surface area contributed by atoms with Crippen molar-refractivity contribution in [3.63, 3.8) is 0 Å². The Balaban J connectivity index is 1.90. The number of nitrogens with two attached hydrogens (primary N) is 1. The van der Waals surface area contributed by atoms with E-state index in [1.54, 1.807) is 12.1 Å². The molecule has 4 heteroatoms. The van der Waals surface area contributed by atoms with Gasteiger partial charge in [-0.05, 0) is 47.9 Å². The van der Waals surface area contributed by atoms with E-state index in [4.69, 9.17) is 5.73 Å². The van der Waals surface area contributed by atoms with Crippen molar-refractivity contribution in [3.8, 4) is 0 Å². The van der Waals surface area contributed by atoms with E-state index in [0.717, 1.165) is 29.8 Å². The molecule has 0 fully saturated rings. The van der Waals surface area contributed by atoms with Crippen LogP contribution in [0.4, 0.5) is 20.2 Å². The topological polar surface area (TPSA) is 29.3 Å². The van der Waals surface area contributed by atoms with Crippen LogP contribution >= 0.6 is 0 Å². The van der Waals surface area contributed by atoms with Crippen LogP contribution < -0.4 is 10.6 Å². The molecule has 2 N–H and O–H groups in total. The van der Waals surface area contributed by atoms with Crippen molar-refractivity contribution in [3.05, 3.63) is 59.2 Å². The monoisotopic (exact) mass is 260 g/mol. The normalized spacial score (nSPS) is 13.7. The van der Waals surface area contributed by atoms with Gasteiger partial charge in [-0.25, -0.2) is 8.78 Å². The lowest BCUT2D eigenvalue weighted by atomic mass is 10.1. The Morgan fingerprint density at radius 1 is 1.05 bits per heavy atom. The summed E-state index contributed by atoms with van der Waals surface area (Å²) in [5.74, 6) is -0.555. The van der Waals surface area contributed by atoms with E-state index in [1.165, 1.54) is 24.3 Å². The maximum absolute atomic E-state index is 13.3. The predicted octanol–water partition coefficient (Wildman–Crippen LogP) is 3.11. The third kappa shape index (κ3) is 2.26. The maximum Gasteiger partial charge on any atom is 0.125 e. The molecule has 0 spiro atoms. The highest BCUT2D eigenvalue weighted by Gasteiger charge is 2.20. The predicted molar refractivity (Wildman–Crippen MR) is 72.0 cm³/mol. The second-order valence-electron chi connectivity index (χ2n) is 4.79. The second kappa shape index (κ2) is 4.53. The molecule has 3 rings (SSSR count). The minimum atomic E-state index is -0.303. The lowest BCUT2D eigenvalue weighted by Gasteiger charge is -2.20. The molecule has 0 bridgehead atoms. The summed E-state index contributed by atoms with van der Waals surface area (Å²) >= 11 is 0. The number of nitrogen functional groups attached to an aromatic ring is 1. The molecule has 98 valence electrons. The van der Waals surface area contributed by atoms with Gasteiger partial charge in [-0.15, -0.1) is 0 Å². The number of benzene rings is 2. The first-order chi connectivity index (χ1) is 9.13. The van der Waals surface area contributed by atoms with E-state index in [-0.39, 0.29) is 11.6 Å². The molecule has 0 radical (unpaired) electrons. The number of nitrogens with zero attached hydrogens (tertiary/aromatic N) is 1. The Labute approximate surface area is 110 Å². The molecule has 0 aliphatic carbocycles. The molecular formula is C15H14F2N2. The van der Waals surface area contributed by atoms with Gasteiger partial charge >= 0.3 is 0 Å². The summed E-state index contributed by atoms with van der Waals surface area (Å²) in [6.07, 6.45) is 0.880. The van der Waals surface area contributed by atoms with Gasteiger partial charge in [0.15, 0.2) is 0 Å². The smallest absolute Gasteiger partial charge is 0.125 e. The van der Waals surface area contributed by atoms with Gasteiger partial charge in [-0.3, -0.25) is 0 Å². The molecule has 0 saturated heterocycles. The minimum Gasteiger partial charge on any atom is -0.398 e. The fraction of sp³-hybridized carbons (Fsp3) is 0.200. The van der Waals surface area contributed by atoms with Gasteiger partial charge < -0.3 is 10.6 Å². The van der Waals surface area contributed by atoms with Gasteiger partial charge in [-0.1, -0.05) is 6.07 Å². The van der Waals surface area contributed by atoms with Crippen molar-refractivity contribution in [1.29, 1.82) is 0 Å². The van der Waals surface area contributed by atoms with Crippen LogP contribution in [0, 0.1) is 11.6 Å². The molecule has 1 aliphatic heterocycles. The molecular weight excluding hydrogens is 246 g/mol. The summed E-state index contributed by atoms with van der Waals surface area (Å²) < 4.78 is 26.6. The molecule has 0 saturated carbocycles. The molecule has 0 aromatic heterocycles. The average Bonchev–Trinajstić information content (AvgIpc) is 2.77. The first-order valence-corrected chi connectivity index (χ1v) is 6.21. The lowest BCUT2D eigenvalue weighted by Crippen LogP contribution is -2.20. The van der Waals surface area contributed by atoms with Crippen LogP contribution in [0.25, 0.3) is 0 Å². The summed E-state index contributed by atoms with van der Waals surface area (Å²) in [4.78, 5) is 2.03. The number of anilines is 2. The standard InChI is InChI=1S/C15H14F2N2/c16-12-3-4-14(18)11(7-12)9-19-6-5-10-1-2-13(17)8-15(10)19/h1-4,7-8H,5-6,9,18H2. The van der Waals surface area contributed by atoms with E-state index >= 15 is 0 Å². The summed E-state index contributed by atoms with van der Waals surface area (Å²) in [7, 11) is 0. The van der Waals surface area contributed by atoms with E-state index in [9.17, 15) is 8.78 Å². The Kier molecular flexibility index (Phi) is 2.85. The lowest BCUT2D eigenvalue weighted by molar-refractivity contribution is 0.624. The van der Waals surface area contributed by atoms with E-state index in [2.05, 4.69) is 0 Å². The second-order valence-corrected chi connectivity index (χ2v) is 4.79. The van der Waals surface area contributed by atoms with Crippen molar-refractivity contribution in [2.45, 2.75) is 13.0 Å². The Hall–Kier alpha value is -2.10. The summed E-state index contributed by atoms with van der Waals surface area (Å²) in [5, 5.41) is 0. The molecule has 1 aliphatic rings. The number of fused-ring (bicyclic) bond motifs is 1. The molecule has 2 nitrogen and oxygen atoms in total. The van der Waals surface area contributed by atoms with Crippen molar-refractivity contribution >= 4 is 11.4 Å². The first-order valence-electron chi connectivity index (χ1n) is 6.21. The SMILES string of the molecule is Nc1ccc(F)cc1CN1CCc2ccc(F)cc21. The van der Waals surface area contributed by atoms with Crippen molar-refractivity contribution < 1.29 is 8.78 Å². The van der Waals surface area contributed by atoms with Crippen molar-refractivity contribution in [2.24, 2.45) is 0 Å². The van der Waals surface area contributed by atoms with Crippen LogP contribution in [-0.2, 0) is 13.0 Å². The number of rotatable bonds is 2. The fourth-order valence-corrected chi connectivity index (χ4v) is 2.50. The quantitative estimate of drug-likeness (QED) is 0.841. The van der Waals surface area contributed by atoms with Gasteiger partial charge in [0, 0.05) is 24.5 Å². The average molecular weight is 260 g/mol. The molecule has 1 heterocycles. The van der Waals surface area contributed by atoms with Gasteiger partial charge in [0.1, 0.15) is 11.6 Å². The van der Waals surface area contributed by atoms with Crippen LogP contribution in [0.5, 0.6) is 0 Å². The molecule has 0 amide bonds. The van der Waals surface area contributed by atoms with Gasteiger partial charge in [-0.2, -0.15) is 0 Å². The van der Waals surface area contributed by atoms with Crippen molar-refractivity contribution in [2.75, 3.05) is 17.2 Å². The third-order valence-electron chi connectivity index (χ3n) is 3.51. The molecule has 0 unspecified atom stereocenters. The zero-order valence-corrected chi connectivity index (χ0v) is 10.4. The van der Waals surface area contributed by atoms with E-state index < -0.39 is 0 Å². The van der Waals surface area contributed by atoms with Crippen molar-refractivity contribution in [1.82, 2.24) is 0 Å². The zero-order chi connectivity index (χ0) is 13.4. The highest BCUT2D eigenvalue weighted by molar-refractivity contribution is 5.60. The Morgan fingerprint density at radius 2 is 1.79 bits per heavy atom. The van der Waals surface area contributed by atoms with Crippen LogP contribution in [-0.4, -0.2) is 6.54 Å². The fourth-order valence-electron chi connectivity index (χ4n) is 2.50. The van der Waals surface area contributed by atoms with Gasteiger partial charge in [0.25, 0.3) is 0 Å².